The van der Waals surface area contributed by atoms with Crippen LogP contribution in [-0.4, -0.2) is 29.8 Å². The quantitative estimate of drug-likeness (QED) is 0.825. The zero-order valence-electron chi connectivity index (χ0n) is 13.2. The Morgan fingerprint density at radius 2 is 2.30 bits per heavy atom. The maximum Gasteiger partial charge on any atom is 0.254 e. The Kier molecular flexibility index (Phi) is 4.71. The lowest BCUT2D eigenvalue weighted by Gasteiger charge is -2.20. The van der Waals surface area contributed by atoms with Gasteiger partial charge in [0.2, 0.25) is 0 Å². The maximum atomic E-state index is 12.2. The van der Waals surface area contributed by atoms with Crippen molar-refractivity contribution in [2.24, 2.45) is 10.4 Å². The van der Waals surface area contributed by atoms with Gasteiger partial charge in [0.15, 0.2) is 0 Å². The normalized spacial score (nSPS) is 22.5. The molecule has 1 amide bonds. The zero-order chi connectivity index (χ0) is 16.4. The highest BCUT2D eigenvalue weighted by Crippen LogP contribution is 2.30. The molecule has 2 heterocycles. The van der Waals surface area contributed by atoms with Crippen LogP contribution in [0.2, 0.25) is 0 Å². The number of hydroxylamine groups is 2. The van der Waals surface area contributed by atoms with E-state index in [1.165, 1.54) is 9.94 Å². The first-order chi connectivity index (χ1) is 11.0. The summed E-state index contributed by atoms with van der Waals surface area (Å²) >= 11 is 8.05. The first kappa shape index (κ1) is 16.4. The molecule has 0 aromatic carbocycles. The minimum atomic E-state index is -0.460. The molecular formula is C17H19ClN2O2S. The van der Waals surface area contributed by atoms with Gasteiger partial charge in [0.05, 0.1) is 25.1 Å². The van der Waals surface area contributed by atoms with Gasteiger partial charge in [0.25, 0.3) is 5.91 Å². The molecule has 4 nitrogen and oxygen atoms in total. The van der Waals surface area contributed by atoms with Crippen molar-refractivity contribution in [3.63, 3.8) is 0 Å². The number of hydrogen-bond donors (Lipinski definition) is 0. The third-order valence-corrected chi connectivity index (χ3v) is 5.09. The molecule has 6 heteroatoms. The smallest absolute Gasteiger partial charge is 0.254 e. The number of carbonyl (C=O) groups excluding carboxylic acids is 1. The minimum absolute atomic E-state index is 0.0000241. The minimum Gasteiger partial charge on any atom is -0.284 e. The van der Waals surface area contributed by atoms with Gasteiger partial charge in [0, 0.05) is 22.0 Å². The Morgan fingerprint density at radius 3 is 2.91 bits per heavy atom. The third kappa shape index (κ3) is 3.74. The van der Waals surface area contributed by atoms with E-state index in [1.807, 2.05) is 37.4 Å². The first-order valence-corrected chi connectivity index (χ1v) is 8.79. The number of thiophene rings is 1. The lowest BCUT2D eigenvalue weighted by atomic mass is 9.94. The van der Waals surface area contributed by atoms with Crippen molar-refractivity contribution >= 4 is 34.6 Å². The second-order valence-electron chi connectivity index (χ2n) is 6.31. The molecule has 0 saturated carbocycles. The van der Waals surface area contributed by atoms with Gasteiger partial charge in [-0.25, -0.2) is 5.06 Å². The second kappa shape index (κ2) is 6.59. The highest BCUT2D eigenvalue weighted by molar-refractivity contribution is 7.09. The molecule has 0 unspecified atom stereocenters. The molecule has 0 bridgehead atoms. The van der Waals surface area contributed by atoms with E-state index >= 15 is 0 Å². The number of hydrogen-bond acceptors (Lipinski definition) is 4. The summed E-state index contributed by atoms with van der Waals surface area (Å²) < 4.78 is 0. The fraction of sp³-hybridized carbons (Fsp3) is 0.412. The Hall–Kier alpha value is -1.43. The van der Waals surface area contributed by atoms with Gasteiger partial charge in [-0.2, -0.15) is 0 Å². The molecule has 0 atom stereocenters. The SMILES string of the molecule is CC1(C)CON(CC2=CCC(=NCc3cccs3)C=C2Cl)C1=O. The predicted molar refractivity (Wildman–Crippen MR) is 93.5 cm³/mol. The average Bonchev–Trinajstić information content (AvgIpc) is 3.11. The Morgan fingerprint density at radius 1 is 1.48 bits per heavy atom. The van der Waals surface area contributed by atoms with Crippen molar-refractivity contribution in [2.45, 2.75) is 26.8 Å². The molecule has 0 spiro atoms. The highest BCUT2D eigenvalue weighted by atomic mass is 35.5. The van der Waals surface area contributed by atoms with Gasteiger partial charge in [-0.3, -0.25) is 14.6 Å². The van der Waals surface area contributed by atoms with E-state index in [-0.39, 0.29) is 5.91 Å². The molecule has 0 radical (unpaired) electrons. The summed E-state index contributed by atoms with van der Waals surface area (Å²) in [7, 11) is 0. The van der Waals surface area contributed by atoms with E-state index in [4.69, 9.17) is 16.4 Å². The molecule has 3 rings (SSSR count). The van der Waals surface area contributed by atoms with Gasteiger partial charge >= 0.3 is 0 Å². The summed E-state index contributed by atoms with van der Waals surface area (Å²) in [5.41, 5.74) is 1.41. The van der Waals surface area contributed by atoms with Gasteiger partial charge < -0.3 is 0 Å². The number of halogens is 1. The molecule has 1 aromatic heterocycles. The van der Waals surface area contributed by atoms with Gasteiger partial charge in [-0.1, -0.05) is 23.7 Å². The molecule has 1 fully saturated rings. The lowest BCUT2D eigenvalue weighted by molar-refractivity contribution is -0.159. The van der Waals surface area contributed by atoms with Gasteiger partial charge in [-0.05, 0) is 36.9 Å². The van der Waals surface area contributed by atoms with E-state index in [0.29, 0.717) is 24.7 Å². The fourth-order valence-corrected chi connectivity index (χ4v) is 3.32. The summed E-state index contributed by atoms with van der Waals surface area (Å²) in [6, 6.07) is 4.10. The number of allylic oxidation sites excluding steroid dienone is 2. The van der Waals surface area contributed by atoms with Crippen LogP contribution in [0.4, 0.5) is 0 Å². The van der Waals surface area contributed by atoms with E-state index in [9.17, 15) is 4.79 Å². The zero-order valence-corrected chi connectivity index (χ0v) is 14.8. The van der Waals surface area contributed by atoms with Crippen LogP contribution < -0.4 is 0 Å². The third-order valence-electron chi connectivity index (χ3n) is 3.88. The van der Waals surface area contributed by atoms with Gasteiger partial charge in [-0.15, -0.1) is 11.3 Å². The fourth-order valence-electron chi connectivity index (χ4n) is 2.42. The summed E-state index contributed by atoms with van der Waals surface area (Å²) in [5, 5.41) is 4.09. The molecule has 23 heavy (non-hydrogen) atoms. The Balaban J connectivity index is 1.62. The molecule has 0 N–H and O–H groups in total. The highest BCUT2D eigenvalue weighted by Gasteiger charge is 2.40. The summed E-state index contributed by atoms with van der Waals surface area (Å²) in [4.78, 5) is 23.5. The standard InChI is InChI=1S/C17H19ClN2O2S/c1-17(2)11-22-20(16(17)21)10-12-5-6-13(8-15(12)18)19-9-14-4-3-7-23-14/h3-5,7-8H,6,9-11H2,1-2H3. The van der Waals surface area contributed by atoms with Crippen LogP contribution in [0, 0.1) is 5.41 Å². The van der Waals surface area contributed by atoms with E-state index in [2.05, 4.69) is 11.1 Å². The lowest BCUT2D eigenvalue weighted by Crippen LogP contribution is -2.32. The summed E-state index contributed by atoms with van der Waals surface area (Å²) in [6.07, 6.45) is 4.64. The van der Waals surface area contributed by atoms with Crippen molar-refractivity contribution < 1.29 is 9.63 Å². The van der Waals surface area contributed by atoms with Crippen molar-refractivity contribution in [1.29, 1.82) is 0 Å². The number of nitrogens with zero attached hydrogens (tertiary/aromatic N) is 2. The monoisotopic (exact) mass is 350 g/mol. The van der Waals surface area contributed by atoms with Crippen LogP contribution in [0.15, 0.2) is 45.3 Å². The van der Waals surface area contributed by atoms with Crippen molar-refractivity contribution in [3.05, 3.63) is 45.1 Å². The average molecular weight is 351 g/mol. The van der Waals surface area contributed by atoms with E-state index in [1.54, 1.807) is 11.3 Å². The van der Waals surface area contributed by atoms with Crippen LogP contribution in [-0.2, 0) is 16.2 Å². The largest absolute Gasteiger partial charge is 0.284 e. The van der Waals surface area contributed by atoms with E-state index < -0.39 is 5.41 Å². The van der Waals surface area contributed by atoms with Crippen LogP contribution in [0.3, 0.4) is 0 Å². The molecule has 1 aliphatic heterocycles. The Bertz CT molecular complexity index is 689. The second-order valence-corrected chi connectivity index (χ2v) is 7.75. The van der Waals surface area contributed by atoms with E-state index in [0.717, 1.165) is 17.7 Å². The first-order valence-electron chi connectivity index (χ1n) is 7.53. The molecule has 1 saturated heterocycles. The van der Waals surface area contributed by atoms with Crippen LogP contribution in [0.25, 0.3) is 0 Å². The van der Waals surface area contributed by atoms with Crippen LogP contribution >= 0.6 is 22.9 Å². The molecule has 1 aliphatic carbocycles. The van der Waals surface area contributed by atoms with Crippen molar-refractivity contribution in [3.8, 4) is 0 Å². The number of aliphatic imine (C=N–C) groups is 1. The predicted octanol–water partition coefficient (Wildman–Crippen LogP) is 3.94. The topological polar surface area (TPSA) is 41.9 Å². The molecule has 1 aromatic rings. The van der Waals surface area contributed by atoms with Crippen LogP contribution in [0.1, 0.15) is 25.1 Å². The summed E-state index contributed by atoms with van der Waals surface area (Å²) in [5.74, 6) is 0.0000241. The molecular weight excluding hydrogens is 332 g/mol. The number of amides is 1. The van der Waals surface area contributed by atoms with Crippen molar-refractivity contribution in [1.82, 2.24) is 5.06 Å². The van der Waals surface area contributed by atoms with Gasteiger partial charge in [0.1, 0.15) is 0 Å². The molecule has 122 valence electrons. The Labute approximate surface area is 145 Å². The van der Waals surface area contributed by atoms with Crippen molar-refractivity contribution in [2.75, 3.05) is 13.2 Å². The van der Waals surface area contributed by atoms with Crippen LogP contribution in [0.5, 0.6) is 0 Å². The summed E-state index contributed by atoms with van der Waals surface area (Å²) in [6.45, 7) is 5.25. The number of rotatable bonds is 4. The maximum absolute atomic E-state index is 12.2. The number of carbonyl (C=O) groups is 1. The molecule has 2 aliphatic rings.